The summed E-state index contributed by atoms with van der Waals surface area (Å²) in [6.45, 7) is 4.60. The predicted octanol–water partition coefficient (Wildman–Crippen LogP) is 1.85. The molecule has 2 aromatic heterocycles. The zero-order valence-corrected chi connectivity index (χ0v) is 10.8. The second-order valence-electron chi connectivity index (χ2n) is 3.94. The number of aryl methyl sites for hydroxylation is 1. The minimum absolute atomic E-state index is 0.0671. The Morgan fingerprint density at radius 2 is 2.21 bits per heavy atom. The van der Waals surface area contributed by atoms with E-state index in [9.17, 15) is 4.79 Å². The summed E-state index contributed by atoms with van der Waals surface area (Å²) >= 11 is 0. The van der Waals surface area contributed by atoms with E-state index in [0.29, 0.717) is 5.89 Å². The van der Waals surface area contributed by atoms with E-state index in [2.05, 4.69) is 32.7 Å². The van der Waals surface area contributed by atoms with Gasteiger partial charge < -0.3 is 9.73 Å². The molecule has 0 aliphatic carbocycles. The van der Waals surface area contributed by atoms with Crippen LogP contribution in [0.1, 0.15) is 29.7 Å². The summed E-state index contributed by atoms with van der Waals surface area (Å²) in [5.74, 6) is 0.00747. The highest BCUT2D eigenvalue weighted by Crippen LogP contribution is 2.09. The second-order valence-corrected chi connectivity index (χ2v) is 3.94. The highest BCUT2D eigenvalue weighted by Gasteiger charge is 2.11. The molecule has 1 amide bonds. The normalized spacial score (nSPS) is 10.2. The first-order valence-corrected chi connectivity index (χ1v) is 6.00. The van der Waals surface area contributed by atoms with Gasteiger partial charge in [-0.1, -0.05) is 12.0 Å². The van der Waals surface area contributed by atoms with Gasteiger partial charge in [0.25, 0.3) is 5.91 Å². The minimum atomic E-state index is -0.384. The first-order valence-electron chi connectivity index (χ1n) is 6.00. The number of nitrogens with one attached hydrogen (secondary N) is 2. The van der Waals surface area contributed by atoms with Gasteiger partial charge in [-0.15, -0.1) is 5.10 Å². The average Bonchev–Trinajstić information content (AvgIpc) is 2.82. The van der Waals surface area contributed by atoms with Crippen molar-refractivity contribution in [3.8, 4) is 0 Å². The molecular weight excluding hydrogens is 246 g/mol. The van der Waals surface area contributed by atoms with Gasteiger partial charge in [0, 0.05) is 13.5 Å². The molecule has 7 heteroatoms. The molecule has 7 nitrogen and oxygen atoms in total. The number of nitrogens with zero attached hydrogens (tertiary/aromatic N) is 3. The van der Waals surface area contributed by atoms with E-state index in [-0.39, 0.29) is 17.6 Å². The molecule has 19 heavy (non-hydrogen) atoms. The van der Waals surface area contributed by atoms with Crippen molar-refractivity contribution in [2.75, 3.05) is 17.2 Å². The zero-order valence-electron chi connectivity index (χ0n) is 10.8. The molecule has 0 unspecified atom stereocenters. The van der Waals surface area contributed by atoms with Gasteiger partial charge in [0.05, 0.1) is 11.9 Å². The number of hydrogen-bond acceptors (Lipinski definition) is 6. The fourth-order valence-corrected chi connectivity index (χ4v) is 1.41. The summed E-state index contributed by atoms with van der Waals surface area (Å²) in [5, 5.41) is 13.0. The Hall–Kier alpha value is -2.44. The van der Waals surface area contributed by atoms with Crippen molar-refractivity contribution in [2.24, 2.45) is 0 Å². The topological polar surface area (TPSA) is 92.9 Å². The molecule has 0 aromatic carbocycles. The Labute approximate surface area is 110 Å². The maximum absolute atomic E-state index is 11.8. The largest absolute Gasteiger partial charge is 0.408 e. The number of rotatable bonds is 5. The third-order valence-corrected chi connectivity index (χ3v) is 2.32. The van der Waals surface area contributed by atoms with Gasteiger partial charge >= 0.3 is 6.01 Å². The fraction of sp³-hybridized carbons (Fsp3) is 0.333. The summed E-state index contributed by atoms with van der Waals surface area (Å²) in [5.41, 5.74) is 1.17. The lowest BCUT2D eigenvalue weighted by Gasteiger charge is -2.04. The van der Waals surface area contributed by atoms with Crippen LogP contribution in [0.2, 0.25) is 0 Å². The molecule has 0 saturated heterocycles. The third kappa shape index (κ3) is 3.51. The molecule has 0 atom stereocenters. The van der Waals surface area contributed by atoms with Crippen molar-refractivity contribution < 1.29 is 9.21 Å². The van der Waals surface area contributed by atoms with E-state index >= 15 is 0 Å². The number of anilines is 2. The van der Waals surface area contributed by atoms with E-state index in [0.717, 1.165) is 18.7 Å². The maximum Gasteiger partial charge on any atom is 0.322 e. The number of hydrogen-bond donors (Lipinski definition) is 2. The van der Waals surface area contributed by atoms with Crippen LogP contribution in [0, 0.1) is 6.92 Å². The van der Waals surface area contributed by atoms with E-state index in [1.807, 2.05) is 0 Å². The number of carbonyl (C=O) groups is 1. The molecule has 0 fully saturated rings. The highest BCUT2D eigenvalue weighted by molar-refractivity contribution is 6.01. The standard InChI is InChI=1S/C12H15N5O2/c1-3-6-13-9-4-5-10(14-7-9)11(18)15-12-17-16-8(2)19-12/h4-5,7,13H,3,6H2,1-2H3,(H,15,17,18). The molecule has 2 N–H and O–H groups in total. The summed E-state index contributed by atoms with van der Waals surface area (Å²) < 4.78 is 5.06. The molecule has 2 rings (SSSR count). The Morgan fingerprint density at radius 3 is 2.79 bits per heavy atom. The predicted molar refractivity (Wildman–Crippen MR) is 70.0 cm³/mol. The van der Waals surface area contributed by atoms with Crippen molar-refractivity contribution in [3.63, 3.8) is 0 Å². The Morgan fingerprint density at radius 1 is 1.37 bits per heavy atom. The smallest absolute Gasteiger partial charge is 0.322 e. The SMILES string of the molecule is CCCNc1ccc(C(=O)Nc2nnc(C)o2)nc1. The van der Waals surface area contributed by atoms with Crippen LogP contribution in [-0.4, -0.2) is 27.6 Å². The number of amides is 1. The zero-order chi connectivity index (χ0) is 13.7. The van der Waals surface area contributed by atoms with Gasteiger partial charge in [0.15, 0.2) is 0 Å². The quantitative estimate of drug-likeness (QED) is 0.853. The van der Waals surface area contributed by atoms with Crippen LogP contribution in [0.5, 0.6) is 0 Å². The van der Waals surface area contributed by atoms with Crippen LogP contribution < -0.4 is 10.6 Å². The Kier molecular flexibility index (Phi) is 4.07. The molecular formula is C12H15N5O2. The number of carbonyl (C=O) groups excluding carboxylic acids is 1. The third-order valence-electron chi connectivity index (χ3n) is 2.32. The summed E-state index contributed by atoms with van der Waals surface area (Å²) in [4.78, 5) is 15.9. The van der Waals surface area contributed by atoms with Crippen molar-refractivity contribution in [2.45, 2.75) is 20.3 Å². The maximum atomic E-state index is 11.8. The highest BCUT2D eigenvalue weighted by atomic mass is 16.4. The molecule has 0 saturated carbocycles. The summed E-state index contributed by atoms with van der Waals surface area (Å²) in [7, 11) is 0. The van der Waals surface area contributed by atoms with Crippen molar-refractivity contribution >= 4 is 17.6 Å². The number of pyridine rings is 1. The lowest BCUT2D eigenvalue weighted by molar-refractivity contribution is 0.101. The molecule has 0 aliphatic heterocycles. The van der Waals surface area contributed by atoms with Crippen LogP contribution in [0.15, 0.2) is 22.7 Å². The molecule has 0 spiro atoms. The van der Waals surface area contributed by atoms with E-state index in [1.54, 1.807) is 25.3 Å². The Bertz CT molecular complexity index is 550. The van der Waals surface area contributed by atoms with Crippen LogP contribution in [0.4, 0.5) is 11.7 Å². The monoisotopic (exact) mass is 261 g/mol. The van der Waals surface area contributed by atoms with Crippen molar-refractivity contribution in [1.82, 2.24) is 15.2 Å². The Balaban J connectivity index is 1.99. The lowest BCUT2D eigenvalue weighted by atomic mass is 10.3. The van der Waals surface area contributed by atoms with Crippen molar-refractivity contribution in [3.05, 3.63) is 29.9 Å². The van der Waals surface area contributed by atoms with Gasteiger partial charge in [0.2, 0.25) is 5.89 Å². The average molecular weight is 261 g/mol. The summed E-state index contributed by atoms with van der Waals surface area (Å²) in [6, 6.07) is 3.50. The lowest BCUT2D eigenvalue weighted by Crippen LogP contribution is -2.14. The molecule has 100 valence electrons. The first-order chi connectivity index (χ1) is 9.19. The van der Waals surface area contributed by atoms with Gasteiger partial charge in [-0.2, -0.15) is 0 Å². The fourth-order valence-electron chi connectivity index (χ4n) is 1.41. The second kappa shape index (κ2) is 5.94. The van der Waals surface area contributed by atoms with Crippen molar-refractivity contribution in [1.29, 1.82) is 0 Å². The molecule has 0 radical (unpaired) electrons. The van der Waals surface area contributed by atoms with E-state index in [1.165, 1.54) is 0 Å². The first kappa shape index (κ1) is 13.0. The van der Waals surface area contributed by atoms with Crippen LogP contribution in [0.3, 0.4) is 0 Å². The van der Waals surface area contributed by atoms with Gasteiger partial charge in [-0.05, 0) is 18.6 Å². The van der Waals surface area contributed by atoms with E-state index < -0.39 is 0 Å². The molecule has 2 heterocycles. The van der Waals surface area contributed by atoms with Gasteiger partial charge in [-0.25, -0.2) is 4.98 Å². The molecule has 2 aromatic rings. The van der Waals surface area contributed by atoms with Gasteiger partial charge in [-0.3, -0.25) is 10.1 Å². The minimum Gasteiger partial charge on any atom is -0.408 e. The molecule has 0 aliphatic rings. The summed E-state index contributed by atoms with van der Waals surface area (Å²) in [6.07, 6.45) is 2.64. The van der Waals surface area contributed by atoms with Crippen LogP contribution in [0.25, 0.3) is 0 Å². The number of aromatic nitrogens is 3. The van der Waals surface area contributed by atoms with Crippen LogP contribution in [-0.2, 0) is 0 Å². The van der Waals surface area contributed by atoms with Gasteiger partial charge in [0.1, 0.15) is 5.69 Å². The van der Waals surface area contributed by atoms with Crippen LogP contribution >= 0.6 is 0 Å². The molecule has 0 bridgehead atoms. The van der Waals surface area contributed by atoms with E-state index in [4.69, 9.17) is 4.42 Å².